The number of alkyl carbamates (subject to hydrolysis) is 1. The van der Waals surface area contributed by atoms with Crippen LogP contribution in [0.1, 0.15) is 60.3 Å². The molecule has 0 aromatic rings. The molecular formula is C17H34N2O2. The second-order valence-electron chi connectivity index (χ2n) is 7.68. The van der Waals surface area contributed by atoms with E-state index in [0.29, 0.717) is 18.4 Å². The molecule has 0 aliphatic heterocycles. The van der Waals surface area contributed by atoms with Crippen molar-refractivity contribution in [3.8, 4) is 0 Å². The second-order valence-corrected chi connectivity index (χ2v) is 7.68. The third kappa shape index (κ3) is 8.30. The van der Waals surface area contributed by atoms with Crippen LogP contribution in [-0.2, 0) is 4.74 Å². The first-order chi connectivity index (χ1) is 9.78. The molecule has 1 aliphatic rings. The summed E-state index contributed by atoms with van der Waals surface area (Å²) >= 11 is 0. The minimum absolute atomic E-state index is 0.317. The van der Waals surface area contributed by atoms with E-state index in [1.165, 1.54) is 25.7 Å². The number of ether oxygens (including phenoxy) is 1. The Bertz CT molecular complexity index is 306. The number of hydrogen-bond acceptors (Lipinski definition) is 3. The van der Waals surface area contributed by atoms with Crippen molar-refractivity contribution in [2.24, 2.45) is 17.8 Å². The summed E-state index contributed by atoms with van der Waals surface area (Å²) in [4.78, 5) is 11.7. The van der Waals surface area contributed by atoms with Gasteiger partial charge >= 0.3 is 6.09 Å². The number of hydrogen-bond donors (Lipinski definition) is 2. The molecule has 21 heavy (non-hydrogen) atoms. The van der Waals surface area contributed by atoms with E-state index in [0.717, 1.165) is 19.0 Å². The van der Waals surface area contributed by atoms with Crippen LogP contribution < -0.4 is 10.6 Å². The Morgan fingerprint density at radius 2 is 1.90 bits per heavy atom. The maximum atomic E-state index is 11.7. The fraction of sp³-hybridized carbons (Fsp3) is 0.941. The first-order valence-electron chi connectivity index (χ1n) is 8.45. The first kappa shape index (κ1) is 18.3. The number of amides is 1. The largest absolute Gasteiger partial charge is 0.444 e. The van der Waals surface area contributed by atoms with Crippen molar-refractivity contribution in [3.63, 3.8) is 0 Å². The van der Waals surface area contributed by atoms with Crippen molar-refractivity contribution in [1.29, 1.82) is 0 Å². The average Bonchev–Trinajstić information content (AvgIpc) is 2.27. The van der Waals surface area contributed by atoms with E-state index in [-0.39, 0.29) is 6.09 Å². The van der Waals surface area contributed by atoms with Crippen molar-refractivity contribution in [2.45, 2.75) is 65.9 Å². The van der Waals surface area contributed by atoms with Gasteiger partial charge in [0, 0.05) is 6.54 Å². The maximum absolute atomic E-state index is 11.7. The van der Waals surface area contributed by atoms with Gasteiger partial charge in [0.1, 0.15) is 5.60 Å². The van der Waals surface area contributed by atoms with Crippen molar-refractivity contribution in [3.05, 3.63) is 0 Å². The highest BCUT2D eigenvalue weighted by molar-refractivity contribution is 5.67. The van der Waals surface area contributed by atoms with Gasteiger partial charge in [0.25, 0.3) is 0 Å². The van der Waals surface area contributed by atoms with E-state index >= 15 is 0 Å². The molecule has 0 aromatic heterocycles. The molecule has 2 N–H and O–H groups in total. The standard InChI is InChI=1S/C17H34N2O2/c1-13(2)15(11-18-10-9-14-7-6-8-14)12-19-16(20)21-17(3,4)5/h13-15,18H,6-12H2,1-5H3,(H,19,20). The molecule has 1 atom stereocenters. The van der Waals surface area contributed by atoms with Gasteiger partial charge in [-0.25, -0.2) is 4.79 Å². The summed E-state index contributed by atoms with van der Waals surface area (Å²) < 4.78 is 5.28. The van der Waals surface area contributed by atoms with E-state index in [1.807, 2.05) is 20.8 Å². The van der Waals surface area contributed by atoms with Gasteiger partial charge in [0.2, 0.25) is 0 Å². The van der Waals surface area contributed by atoms with E-state index in [1.54, 1.807) is 0 Å². The van der Waals surface area contributed by atoms with Gasteiger partial charge in [-0.3, -0.25) is 0 Å². The summed E-state index contributed by atoms with van der Waals surface area (Å²) in [6.07, 6.45) is 5.22. The predicted octanol–water partition coefficient (Wildman–Crippen LogP) is 3.56. The van der Waals surface area contributed by atoms with Gasteiger partial charge in [-0.2, -0.15) is 0 Å². The van der Waals surface area contributed by atoms with Crippen molar-refractivity contribution in [1.82, 2.24) is 10.6 Å². The highest BCUT2D eigenvalue weighted by Crippen LogP contribution is 2.28. The smallest absolute Gasteiger partial charge is 0.407 e. The zero-order chi connectivity index (χ0) is 15.9. The van der Waals surface area contributed by atoms with E-state index in [2.05, 4.69) is 24.5 Å². The molecule has 4 heteroatoms. The van der Waals surface area contributed by atoms with Crippen LogP contribution in [-0.4, -0.2) is 31.3 Å². The molecular weight excluding hydrogens is 264 g/mol. The normalized spacial score (nSPS) is 17.4. The van der Waals surface area contributed by atoms with Crippen molar-refractivity contribution in [2.75, 3.05) is 19.6 Å². The number of carbonyl (C=O) groups is 1. The minimum Gasteiger partial charge on any atom is -0.444 e. The van der Waals surface area contributed by atoms with Gasteiger partial charge in [0.05, 0.1) is 0 Å². The Labute approximate surface area is 130 Å². The molecule has 1 aliphatic carbocycles. The van der Waals surface area contributed by atoms with Crippen LogP contribution in [0.3, 0.4) is 0 Å². The van der Waals surface area contributed by atoms with Crippen LogP contribution in [0.5, 0.6) is 0 Å². The van der Waals surface area contributed by atoms with E-state index in [4.69, 9.17) is 4.74 Å². The monoisotopic (exact) mass is 298 g/mol. The number of nitrogens with one attached hydrogen (secondary N) is 2. The lowest BCUT2D eigenvalue weighted by Crippen LogP contribution is -2.40. The molecule has 0 bridgehead atoms. The Morgan fingerprint density at radius 1 is 1.24 bits per heavy atom. The highest BCUT2D eigenvalue weighted by atomic mass is 16.6. The maximum Gasteiger partial charge on any atom is 0.407 e. The van der Waals surface area contributed by atoms with Crippen LogP contribution in [0.4, 0.5) is 4.79 Å². The van der Waals surface area contributed by atoms with Gasteiger partial charge in [0.15, 0.2) is 0 Å². The lowest BCUT2D eigenvalue weighted by atomic mass is 9.83. The first-order valence-corrected chi connectivity index (χ1v) is 8.45. The van der Waals surface area contributed by atoms with Crippen LogP contribution in [0.15, 0.2) is 0 Å². The summed E-state index contributed by atoms with van der Waals surface area (Å²) in [6, 6.07) is 0. The quantitative estimate of drug-likeness (QED) is 0.674. The van der Waals surface area contributed by atoms with E-state index in [9.17, 15) is 4.79 Å². The van der Waals surface area contributed by atoms with Gasteiger partial charge in [-0.05, 0) is 58.0 Å². The molecule has 1 rings (SSSR count). The number of carbonyl (C=O) groups excluding carboxylic acids is 1. The van der Waals surface area contributed by atoms with Crippen molar-refractivity contribution < 1.29 is 9.53 Å². The molecule has 0 saturated heterocycles. The summed E-state index contributed by atoms with van der Waals surface area (Å²) in [6.45, 7) is 12.8. The Morgan fingerprint density at radius 3 is 2.38 bits per heavy atom. The second kappa shape index (κ2) is 8.62. The van der Waals surface area contributed by atoms with Crippen LogP contribution in [0, 0.1) is 17.8 Å². The Kier molecular flexibility index (Phi) is 7.50. The van der Waals surface area contributed by atoms with E-state index < -0.39 is 5.60 Å². The highest BCUT2D eigenvalue weighted by Gasteiger charge is 2.20. The molecule has 0 spiro atoms. The molecule has 124 valence electrons. The summed E-state index contributed by atoms with van der Waals surface area (Å²) in [7, 11) is 0. The summed E-state index contributed by atoms with van der Waals surface area (Å²) in [5, 5.41) is 6.44. The van der Waals surface area contributed by atoms with Crippen molar-refractivity contribution >= 4 is 6.09 Å². The third-order valence-corrected chi connectivity index (χ3v) is 4.21. The summed E-state index contributed by atoms with van der Waals surface area (Å²) in [5.41, 5.74) is -0.432. The molecule has 0 aromatic carbocycles. The zero-order valence-electron chi connectivity index (χ0n) is 14.5. The molecule has 0 heterocycles. The Hall–Kier alpha value is -0.770. The summed E-state index contributed by atoms with van der Waals surface area (Å²) in [5.74, 6) is 1.94. The zero-order valence-corrected chi connectivity index (χ0v) is 14.5. The van der Waals surface area contributed by atoms with Crippen LogP contribution in [0.2, 0.25) is 0 Å². The lowest BCUT2D eigenvalue weighted by Gasteiger charge is -2.27. The molecule has 4 nitrogen and oxygen atoms in total. The molecule has 1 unspecified atom stereocenters. The van der Waals surface area contributed by atoms with Crippen LogP contribution >= 0.6 is 0 Å². The van der Waals surface area contributed by atoms with Gasteiger partial charge in [-0.1, -0.05) is 33.1 Å². The molecule has 1 amide bonds. The Balaban J connectivity index is 2.17. The van der Waals surface area contributed by atoms with Crippen LogP contribution in [0.25, 0.3) is 0 Å². The minimum atomic E-state index is -0.432. The topological polar surface area (TPSA) is 50.4 Å². The predicted molar refractivity (Wildman–Crippen MR) is 87.4 cm³/mol. The van der Waals surface area contributed by atoms with Gasteiger partial charge in [-0.15, -0.1) is 0 Å². The molecule has 0 radical (unpaired) electrons. The molecule has 1 fully saturated rings. The SMILES string of the molecule is CC(C)C(CNCCC1CCC1)CNC(=O)OC(C)(C)C. The lowest BCUT2D eigenvalue weighted by molar-refractivity contribution is 0.0515. The number of rotatable bonds is 8. The third-order valence-electron chi connectivity index (χ3n) is 4.21. The van der Waals surface area contributed by atoms with Gasteiger partial charge < -0.3 is 15.4 Å². The average molecular weight is 298 g/mol. The fourth-order valence-electron chi connectivity index (χ4n) is 2.45. The molecule has 1 saturated carbocycles. The fourth-order valence-corrected chi connectivity index (χ4v) is 2.45.